The Bertz CT molecular complexity index is 1020. The van der Waals surface area contributed by atoms with Gasteiger partial charge in [-0.05, 0) is 53.7 Å². The molecule has 1 heterocycles. The highest BCUT2D eigenvalue weighted by Crippen LogP contribution is 2.21. The van der Waals surface area contributed by atoms with Gasteiger partial charge in [-0.25, -0.2) is 4.98 Å². The zero-order valence-corrected chi connectivity index (χ0v) is 16.8. The molecule has 3 rings (SSSR count). The number of H-pyrrole nitrogens is 1. The molecule has 1 amide bonds. The predicted octanol–water partition coefficient (Wildman–Crippen LogP) is 3.53. The minimum absolute atomic E-state index is 0.119. The van der Waals surface area contributed by atoms with Crippen LogP contribution in [-0.4, -0.2) is 33.4 Å². The zero-order chi connectivity index (χ0) is 19.4. The molecule has 0 radical (unpaired) electrons. The zero-order valence-electron chi connectivity index (χ0n) is 15.2. The number of hydrogen-bond donors (Lipinski definition) is 2. The number of nitrogens with one attached hydrogen (secondary N) is 2. The molecule has 2 N–H and O–H groups in total. The summed E-state index contributed by atoms with van der Waals surface area (Å²) in [6.45, 7) is 4.83. The van der Waals surface area contributed by atoms with E-state index in [9.17, 15) is 9.59 Å². The minimum Gasteiger partial charge on any atom is -0.324 e. The summed E-state index contributed by atoms with van der Waals surface area (Å²) in [5.41, 5.74) is 1.21. The molecule has 0 aliphatic carbocycles. The van der Waals surface area contributed by atoms with E-state index in [0.29, 0.717) is 29.8 Å². The summed E-state index contributed by atoms with van der Waals surface area (Å²) < 4.78 is 0.828. The molecule has 0 bridgehead atoms. The van der Waals surface area contributed by atoms with Gasteiger partial charge in [0.25, 0.3) is 5.56 Å². The first-order chi connectivity index (χ1) is 13.0. The third-order valence-electron chi connectivity index (χ3n) is 4.48. The fraction of sp³-hybridized carbons (Fsp3) is 0.250. The Morgan fingerprint density at radius 1 is 1.22 bits per heavy atom. The number of aromatic nitrogens is 2. The lowest BCUT2D eigenvalue weighted by Crippen LogP contribution is -2.42. The van der Waals surface area contributed by atoms with E-state index in [-0.39, 0.29) is 17.5 Å². The highest BCUT2D eigenvalue weighted by atomic mass is 79.9. The number of benzene rings is 2. The van der Waals surface area contributed by atoms with Crippen molar-refractivity contribution in [1.82, 2.24) is 14.9 Å². The summed E-state index contributed by atoms with van der Waals surface area (Å²) in [7, 11) is 0. The van der Waals surface area contributed by atoms with E-state index >= 15 is 0 Å². The molecule has 0 fully saturated rings. The van der Waals surface area contributed by atoms with Crippen LogP contribution in [-0.2, 0) is 11.3 Å². The fourth-order valence-corrected chi connectivity index (χ4v) is 3.27. The number of aromatic amines is 1. The Morgan fingerprint density at radius 3 is 2.67 bits per heavy atom. The summed E-state index contributed by atoms with van der Waals surface area (Å²) in [6, 6.07) is 14.3. The van der Waals surface area contributed by atoms with Crippen molar-refractivity contribution in [3.63, 3.8) is 0 Å². The number of fused-ring (bicyclic) bond motifs is 1. The highest BCUT2D eigenvalue weighted by molar-refractivity contribution is 9.10. The number of halogens is 1. The molecule has 0 saturated heterocycles. The maximum Gasteiger partial charge on any atom is 0.258 e. The molecule has 1 unspecified atom stereocenters. The normalized spacial score (nSPS) is 12.3. The van der Waals surface area contributed by atoms with E-state index in [1.165, 1.54) is 0 Å². The van der Waals surface area contributed by atoms with Gasteiger partial charge in [-0.15, -0.1) is 0 Å². The average Bonchev–Trinajstić information content (AvgIpc) is 2.67. The van der Waals surface area contributed by atoms with E-state index in [1.54, 1.807) is 6.07 Å². The van der Waals surface area contributed by atoms with Crippen LogP contribution in [0.25, 0.3) is 10.9 Å². The smallest absolute Gasteiger partial charge is 0.258 e. The third kappa shape index (κ3) is 4.43. The molecule has 140 valence electrons. The molecule has 0 spiro atoms. The first-order valence-corrected chi connectivity index (χ1v) is 9.56. The van der Waals surface area contributed by atoms with Crippen LogP contribution in [0.3, 0.4) is 0 Å². The number of carbonyl (C=O) groups excluding carboxylic acids is 1. The minimum atomic E-state index is -0.390. The molecule has 0 aliphatic rings. The first kappa shape index (κ1) is 19.3. The number of hydrogen-bond acceptors (Lipinski definition) is 4. The molecule has 7 heteroatoms. The van der Waals surface area contributed by atoms with Gasteiger partial charge < -0.3 is 10.3 Å². The number of nitrogens with zero attached hydrogens (tertiary/aromatic N) is 2. The maximum absolute atomic E-state index is 12.7. The number of rotatable bonds is 6. The van der Waals surface area contributed by atoms with Gasteiger partial charge in [-0.2, -0.15) is 0 Å². The molecular weight excluding hydrogens is 408 g/mol. The summed E-state index contributed by atoms with van der Waals surface area (Å²) in [4.78, 5) is 34.2. The average molecular weight is 429 g/mol. The molecule has 0 aliphatic heterocycles. The molecule has 6 nitrogen and oxygen atoms in total. The Morgan fingerprint density at radius 2 is 1.93 bits per heavy atom. The van der Waals surface area contributed by atoms with Crippen molar-refractivity contribution in [2.45, 2.75) is 26.4 Å². The quantitative estimate of drug-likeness (QED) is 0.629. The fourth-order valence-electron chi connectivity index (χ4n) is 2.89. The molecule has 1 aromatic heterocycles. The second kappa shape index (κ2) is 8.45. The van der Waals surface area contributed by atoms with Crippen molar-refractivity contribution in [2.75, 3.05) is 11.9 Å². The monoisotopic (exact) mass is 428 g/mol. The van der Waals surface area contributed by atoms with Crippen molar-refractivity contribution >= 4 is 38.4 Å². The highest BCUT2D eigenvalue weighted by Gasteiger charge is 2.22. The van der Waals surface area contributed by atoms with Crippen molar-refractivity contribution in [1.29, 1.82) is 0 Å². The van der Waals surface area contributed by atoms with E-state index in [4.69, 9.17) is 0 Å². The standard InChI is InChI=1S/C20H21BrN4O2/c1-3-25(13(2)19(26)23-17-11-7-5-9-15(17)21)12-18-22-16-10-6-4-8-14(16)20(27)24-18/h4-11,13H,3,12H2,1-2H3,(H,23,26)(H,22,24,27). The van der Waals surface area contributed by atoms with Gasteiger partial charge in [0.15, 0.2) is 0 Å². The Kier molecular flexibility index (Phi) is 6.03. The summed E-state index contributed by atoms with van der Waals surface area (Å²) >= 11 is 3.43. The number of amides is 1. The number of para-hydroxylation sites is 2. The van der Waals surface area contributed by atoms with Crippen molar-refractivity contribution in [2.24, 2.45) is 0 Å². The second-order valence-electron chi connectivity index (χ2n) is 6.24. The van der Waals surface area contributed by atoms with Crippen molar-refractivity contribution in [3.05, 3.63) is 69.2 Å². The summed E-state index contributed by atoms with van der Waals surface area (Å²) in [5, 5.41) is 3.49. The Balaban J connectivity index is 1.77. The Hall–Kier alpha value is -2.51. The van der Waals surface area contributed by atoms with Crippen molar-refractivity contribution in [3.8, 4) is 0 Å². The van der Waals surface area contributed by atoms with E-state index in [2.05, 4.69) is 31.2 Å². The van der Waals surface area contributed by atoms with Gasteiger partial charge in [0, 0.05) is 4.47 Å². The molecule has 3 aromatic rings. The van der Waals surface area contributed by atoms with Gasteiger partial charge in [-0.1, -0.05) is 31.2 Å². The van der Waals surface area contributed by atoms with Crippen LogP contribution >= 0.6 is 15.9 Å². The third-order valence-corrected chi connectivity index (χ3v) is 5.17. The summed E-state index contributed by atoms with van der Waals surface area (Å²) in [6.07, 6.45) is 0. The van der Waals surface area contributed by atoms with Gasteiger partial charge in [0.05, 0.1) is 29.2 Å². The SMILES string of the molecule is CCN(Cc1nc2ccccc2c(=O)[nH]1)C(C)C(=O)Nc1ccccc1Br. The summed E-state index contributed by atoms with van der Waals surface area (Å²) in [5.74, 6) is 0.424. The topological polar surface area (TPSA) is 78.1 Å². The number of anilines is 1. The predicted molar refractivity (Wildman–Crippen MR) is 111 cm³/mol. The lowest BCUT2D eigenvalue weighted by Gasteiger charge is -2.26. The lowest BCUT2D eigenvalue weighted by molar-refractivity contribution is -0.120. The van der Waals surface area contributed by atoms with E-state index in [0.717, 1.165) is 10.2 Å². The first-order valence-electron chi connectivity index (χ1n) is 8.77. The van der Waals surface area contributed by atoms with Crippen LogP contribution in [0.1, 0.15) is 19.7 Å². The van der Waals surface area contributed by atoms with Crippen LogP contribution in [0.4, 0.5) is 5.69 Å². The van der Waals surface area contributed by atoms with Gasteiger partial charge in [0.1, 0.15) is 5.82 Å². The molecular formula is C20H21BrN4O2. The molecule has 2 aromatic carbocycles. The number of carbonyl (C=O) groups is 1. The van der Waals surface area contributed by atoms with Gasteiger partial charge in [-0.3, -0.25) is 14.5 Å². The maximum atomic E-state index is 12.7. The van der Waals surface area contributed by atoms with E-state index in [1.807, 2.05) is 61.2 Å². The largest absolute Gasteiger partial charge is 0.324 e. The van der Waals surface area contributed by atoms with Crippen LogP contribution in [0.2, 0.25) is 0 Å². The Labute approximate surface area is 165 Å². The van der Waals surface area contributed by atoms with Crippen LogP contribution in [0.5, 0.6) is 0 Å². The van der Waals surface area contributed by atoms with Crippen molar-refractivity contribution < 1.29 is 4.79 Å². The molecule has 0 saturated carbocycles. The second-order valence-corrected chi connectivity index (χ2v) is 7.09. The van der Waals surface area contributed by atoms with Gasteiger partial charge in [0.2, 0.25) is 5.91 Å². The van der Waals surface area contributed by atoms with Crippen LogP contribution in [0.15, 0.2) is 57.8 Å². The van der Waals surface area contributed by atoms with Crippen LogP contribution in [0, 0.1) is 0 Å². The van der Waals surface area contributed by atoms with E-state index < -0.39 is 0 Å². The lowest BCUT2D eigenvalue weighted by atomic mass is 10.2. The van der Waals surface area contributed by atoms with Gasteiger partial charge >= 0.3 is 0 Å². The van der Waals surface area contributed by atoms with Crippen LogP contribution < -0.4 is 10.9 Å². The molecule has 1 atom stereocenters. The molecule has 27 heavy (non-hydrogen) atoms. The number of likely N-dealkylation sites (N-methyl/N-ethyl adjacent to an activating group) is 1.